The molecule has 72 valence electrons. The fourth-order valence-electron chi connectivity index (χ4n) is 1.17. The highest BCUT2D eigenvalue weighted by atomic mass is 35.5. The second-order valence-electron chi connectivity index (χ2n) is 2.73. The lowest BCUT2D eigenvalue weighted by atomic mass is 10.2. The summed E-state index contributed by atoms with van der Waals surface area (Å²) in [5.74, 6) is 0.203. The summed E-state index contributed by atoms with van der Waals surface area (Å²) < 4.78 is 12.9. The molecule has 2 rings (SSSR count). The number of aromatic nitrogens is 2. The Morgan fingerprint density at radius 3 is 2.79 bits per heavy atom. The summed E-state index contributed by atoms with van der Waals surface area (Å²) in [7, 11) is 0. The zero-order valence-corrected chi connectivity index (χ0v) is 8.48. The van der Waals surface area contributed by atoms with Crippen molar-refractivity contribution in [1.82, 2.24) is 9.97 Å². The molecule has 0 aliphatic heterocycles. The maximum atomic E-state index is 12.9. The zero-order valence-electron chi connectivity index (χ0n) is 6.97. The van der Waals surface area contributed by atoms with E-state index in [2.05, 4.69) is 9.97 Å². The van der Waals surface area contributed by atoms with Crippen LogP contribution in [0, 0.1) is 5.82 Å². The Hall–Kier alpha value is -0.930. The summed E-state index contributed by atoms with van der Waals surface area (Å²) in [6.45, 7) is 0. The molecule has 1 aromatic heterocycles. The molecule has 0 N–H and O–H groups in total. The van der Waals surface area contributed by atoms with Crippen LogP contribution >= 0.6 is 23.2 Å². The van der Waals surface area contributed by atoms with Gasteiger partial charge < -0.3 is 0 Å². The van der Waals surface area contributed by atoms with E-state index >= 15 is 0 Å². The van der Waals surface area contributed by atoms with Crippen molar-refractivity contribution in [3.05, 3.63) is 35.0 Å². The molecule has 0 atom stereocenters. The molecule has 0 unspecified atom stereocenters. The van der Waals surface area contributed by atoms with Crippen LogP contribution in [-0.2, 0) is 5.88 Å². The Morgan fingerprint density at radius 2 is 2.07 bits per heavy atom. The van der Waals surface area contributed by atoms with Gasteiger partial charge in [-0.2, -0.15) is 0 Å². The molecule has 2 nitrogen and oxygen atoms in total. The van der Waals surface area contributed by atoms with E-state index in [4.69, 9.17) is 23.2 Å². The number of halogens is 3. The van der Waals surface area contributed by atoms with Crippen LogP contribution in [0.5, 0.6) is 0 Å². The second kappa shape index (κ2) is 3.67. The number of benzene rings is 1. The molecule has 5 heteroatoms. The fourth-order valence-corrected chi connectivity index (χ4v) is 1.55. The molecule has 2 aromatic rings. The average Bonchev–Trinajstić information content (AvgIpc) is 2.16. The highest BCUT2D eigenvalue weighted by Crippen LogP contribution is 2.21. The molecule has 0 saturated heterocycles. The lowest BCUT2D eigenvalue weighted by molar-refractivity contribution is 0.629. The lowest BCUT2D eigenvalue weighted by Crippen LogP contribution is -1.93. The molecule has 0 bridgehead atoms. The van der Waals surface area contributed by atoms with Gasteiger partial charge in [0.15, 0.2) is 0 Å². The van der Waals surface area contributed by atoms with Crippen LogP contribution in [0.4, 0.5) is 4.39 Å². The first-order valence-corrected chi connectivity index (χ1v) is 4.79. The zero-order chi connectivity index (χ0) is 10.1. The molecular weight excluding hydrogens is 226 g/mol. The minimum Gasteiger partial charge on any atom is -0.231 e. The van der Waals surface area contributed by atoms with Crippen LogP contribution in [0.3, 0.4) is 0 Å². The van der Waals surface area contributed by atoms with Gasteiger partial charge in [0.1, 0.15) is 16.8 Å². The molecule has 0 amide bonds. The Morgan fingerprint density at radius 1 is 1.29 bits per heavy atom. The summed E-state index contributed by atoms with van der Waals surface area (Å²) >= 11 is 11.4. The van der Waals surface area contributed by atoms with E-state index in [0.717, 1.165) is 0 Å². The van der Waals surface area contributed by atoms with Gasteiger partial charge in [-0.3, -0.25) is 0 Å². The topological polar surface area (TPSA) is 25.8 Å². The average molecular weight is 231 g/mol. The minimum atomic E-state index is -0.354. The summed E-state index contributed by atoms with van der Waals surface area (Å²) in [5.41, 5.74) is 0.473. The molecule has 0 aliphatic carbocycles. The summed E-state index contributed by atoms with van der Waals surface area (Å²) in [6.07, 6.45) is 0. The third kappa shape index (κ3) is 1.65. The lowest BCUT2D eigenvalue weighted by Gasteiger charge is -2.01. The molecule has 0 spiro atoms. The SMILES string of the molecule is Fc1ccc2c(Cl)nc(CCl)nc2c1. The van der Waals surface area contributed by atoms with E-state index in [1.165, 1.54) is 12.1 Å². The van der Waals surface area contributed by atoms with Gasteiger partial charge in [-0.15, -0.1) is 11.6 Å². The van der Waals surface area contributed by atoms with Gasteiger partial charge >= 0.3 is 0 Å². The van der Waals surface area contributed by atoms with Crippen LogP contribution in [0.2, 0.25) is 5.15 Å². The van der Waals surface area contributed by atoms with Gasteiger partial charge in [-0.1, -0.05) is 11.6 Å². The van der Waals surface area contributed by atoms with Crippen molar-refractivity contribution in [2.45, 2.75) is 5.88 Å². The van der Waals surface area contributed by atoms with Crippen LogP contribution < -0.4 is 0 Å². The molecular formula is C9H5Cl2FN2. The molecule has 0 saturated carbocycles. The van der Waals surface area contributed by atoms with Gasteiger partial charge in [0.2, 0.25) is 0 Å². The standard InChI is InChI=1S/C9H5Cl2FN2/c10-4-8-13-7-3-5(12)1-2-6(7)9(11)14-8/h1-3H,4H2. The molecule has 0 fully saturated rings. The van der Waals surface area contributed by atoms with E-state index in [9.17, 15) is 4.39 Å². The smallest absolute Gasteiger partial charge is 0.145 e. The van der Waals surface area contributed by atoms with Gasteiger partial charge in [0.05, 0.1) is 11.4 Å². The van der Waals surface area contributed by atoms with Crippen LogP contribution in [0.25, 0.3) is 10.9 Å². The second-order valence-corrected chi connectivity index (χ2v) is 3.35. The first-order chi connectivity index (χ1) is 6.70. The number of rotatable bonds is 1. The predicted octanol–water partition coefficient (Wildman–Crippen LogP) is 3.16. The number of nitrogens with zero attached hydrogens (tertiary/aromatic N) is 2. The molecule has 0 aliphatic rings. The van der Waals surface area contributed by atoms with Crippen LogP contribution in [0.1, 0.15) is 5.82 Å². The van der Waals surface area contributed by atoms with Crippen molar-refractivity contribution < 1.29 is 4.39 Å². The van der Waals surface area contributed by atoms with E-state index in [0.29, 0.717) is 21.9 Å². The van der Waals surface area contributed by atoms with Gasteiger partial charge in [0, 0.05) is 11.5 Å². The summed E-state index contributed by atoms with van der Waals surface area (Å²) in [5, 5.41) is 0.924. The van der Waals surface area contributed by atoms with Crippen molar-refractivity contribution in [1.29, 1.82) is 0 Å². The van der Waals surface area contributed by atoms with Crippen molar-refractivity contribution in [2.75, 3.05) is 0 Å². The highest BCUT2D eigenvalue weighted by Gasteiger charge is 2.05. The normalized spacial score (nSPS) is 10.8. The largest absolute Gasteiger partial charge is 0.231 e. The van der Waals surface area contributed by atoms with Crippen LogP contribution in [0.15, 0.2) is 18.2 Å². The Balaban J connectivity index is 2.77. The number of hydrogen-bond donors (Lipinski definition) is 0. The van der Waals surface area contributed by atoms with Gasteiger partial charge in [0.25, 0.3) is 0 Å². The summed E-state index contributed by atoms with van der Waals surface area (Å²) in [6, 6.07) is 4.17. The third-order valence-corrected chi connectivity index (χ3v) is 2.31. The van der Waals surface area contributed by atoms with Crippen molar-refractivity contribution in [2.24, 2.45) is 0 Å². The first-order valence-electron chi connectivity index (χ1n) is 3.88. The number of hydrogen-bond acceptors (Lipinski definition) is 2. The molecule has 14 heavy (non-hydrogen) atoms. The minimum absolute atomic E-state index is 0.159. The van der Waals surface area contributed by atoms with Gasteiger partial charge in [-0.05, 0) is 12.1 Å². The van der Waals surface area contributed by atoms with Crippen molar-refractivity contribution in [3.8, 4) is 0 Å². The maximum Gasteiger partial charge on any atom is 0.145 e. The first kappa shape index (κ1) is 9.62. The summed E-state index contributed by atoms with van der Waals surface area (Å²) in [4.78, 5) is 8.00. The van der Waals surface area contributed by atoms with E-state index in [1.54, 1.807) is 6.07 Å². The van der Waals surface area contributed by atoms with Crippen molar-refractivity contribution >= 4 is 34.1 Å². The number of fused-ring (bicyclic) bond motifs is 1. The van der Waals surface area contributed by atoms with E-state index < -0.39 is 0 Å². The van der Waals surface area contributed by atoms with E-state index in [1.807, 2.05) is 0 Å². The van der Waals surface area contributed by atoms with Crippen LogP contribution in [-0.4, -0.2) is 9.97 Å². The monoisotopic (exact) mass is 230 g/mol. The van der Waals surface area contributed by atoms with Gasteiger partial charge in [-0.25, -0.2) is 14.4 Å². The van der Waals surface area contributed by atoms with E-state index in [-0.39, 0.29) is 11.7 Å². The maximum absolute atomic E-state index is 12.9. The molecule has 1 aromatic carbocycles. The highest BCUT2D eigenvalue weighted by molar-refractivity contribution is 6.34. The Labute approximate surface area is 89.7 Å². The molecule has 0 radical (unpaired) electrons. The van der Waals surface area contributed by atoms with Crippen molar-refractivity contribution in [3.63, 3.8) is 0 Å². The Bertz CT molecular complexity index is 487. The molecule has 1 heterocycles. The fraction of sp³-hybridized carbons (Fsp3) is 0.111. The number of alkyl halides is 1. The third-order valence-electron chi connectivity index (χ3n) is 1.78. The Kier molecular flexibility index (Phi) is 2.52. The predicted molar refractivity (Wildman–Crippen MR) is 54.1 cm³/mol. The quantitative estimate of drug-likeness (QED) is 0.556.